The second-order valence-corrected chi connectivity index (χ2v) is 4.38. The predicted molar refractivity (Wildman–Crippen MR) is 65.4 cm³/mol. The van der Waals surface area contributed by atoms with E-state index in [4.69, 9.17) is 0 Å². The largest absolute Gasteiger partial charge is 0.352 e. The maximum absolute atomic E-state index is 11.3. The highest BCUT2D eigenvalue weighted by Crippen LogP contribution is 2.24. The molecule has 5 heteroatoms. The van der Waals surface area contributed by atoms with Crippen molar-refractivity contribution in [3.05, 3.63) is 17.7 Å². The van der Waals surface area contributed by atoms with Gasteiger partial charge in [0.05, 0.1) is 0 Å². The van der Waals surface area contributed by atoms with Crippen molar-refractivity contribution in [1.29, 1.82) is 0 Å². The number of hydrogen-bond donors (Lipinski definition) is 2. The van der Waals surface area contributed by atoms with Crippen LogP contribution in [0.15, 0.2) is 6.08 Å². The lowest BCUT2D eigenvalue weighted by Gasteiger charge is -2.17. The fraction of sp³-hybridized carbons (Fsp3) is 0.583. The second-order valence-electron chi connectivity index (χ2n) is 4.38. The number of aromatic nitrogens is 3. The number of amides is 1. The molecule has 1 aliphatic rings. The Bertz CT molecular complexity index is 404. The molecule has 92 valence electrons. The Morgan fingerprint density at radius 3 is 2.88 bits per heavy atom. The molecule has 2 N–H and O–H groups in total. The molecule has 0 bridgehead atoms. The quantitative estimate of drug-likeness (QED) is 0.837. The highest BCUT2D eigenvalue weighted by Gasteiger charge is 2.11. The van der Waals surface area contributed by atoms with Crippen LogP contribution in [0.2, 0.25) is 0 Å². The van der Waals surface area contributed by atoms with Gasteiger partial charge in [0.1, 0.15) is 5.82 Å². The molecule has 0 aromatic carbocycles. The molecular weight excluding hydrogens is 216 g/mol. The molecule has 0 unspecified atom stereocenters. The summed E-state index contributed by atoms with van der Waals surface area (Å²) in [6.07, 6.45) is 10.6. The van der Waals surface area contributed by atoms with Gasteiger partial charge in [-0.3, -0.25) is 9.89 Å². The maximum atomic E-state index is 11.3. The molecule has 1 aromatic heterocycles. The molecule has 17 heavy (non-hydrogen) atoms. The molecule has 1 aromatic rings. The SMILES string of the molecule is CNC(=O)c1n[nH]c(C=CC2CCCCC2)n1. The number of carbonyl (C=O) groups excluding carboxylic acids is 1. The predicted octanol–water partition coefficient (Wildman–Crippen LogP) is 1.76. The minimum Gasteiger partial charge on any atom is -0.352 e. The monoisotopic (exact) mass is 234 g/mol. The maximum Gasteiger partial charge on any atom is 0.290 e. The Morgan fingerprint density at radius 1 is 1.41 bits per heavy atom. The van der Waals surface area contributed by atoms with E-state index in [2.05, 4.69) is 26.6 Å². The number of carbonyl (C=O) groups is 1. The zero-order chi connectivity index (χ0) is 12.1. The first-order chi connectivity index (χ1) is 8.29. The molecule has 0 saturated heterocycles. The summed E-state index contributed by atoms with van der Waals surface area (Å²) in [5.74, 6) is 1.22. The Hall–Kier alpha value is -1.65. The van der Waals surface area contributed by atoms with Gasteiger partial charge in [0.2, 0.25) is 5.82 Å². The van der Waals surface area contributed by atoms with Crippen LogP contribution in [0.3, 0.4) is 0 Å². The van der Waals surface area contributed by atoms with Crippen molar-refractivity contribution in [2.24, 2.45) is 5.92 Å². The summed E-state index contributed by atoms with van der Waals surface area (Å²) >= 11 is 0. The Kier molecular flexibility index (Phi) is 3.90. The summed E-state index contributed by atoms with van der Waals surface area (Å²) in [6, 6.07) is 0. The third-order valence-electron chi connectivity index (χ3n) is 3.11. The first-order valence-corrected chi connectivity index (χ1v) is 6.12. The average Bonchev–Trinajstić information content (AvgIpc) is 2.85. The van der Waals surface area contributed by atoms with Crippen LogP contribution in [0.4, 0.5) is 0 Å². The smallest absolute Gasteiger partial charge is 0.290 e. The molecule has 0 radical (unpaired) electrons. The van der Waals surface area contributed by atoms with E-state index >= 15 is 0 Å². The first kappa shape index (κ1) is 11.8. The summed E-state index contributed by atoms with van der Waals surface area (Å²) in [5.41, 5.74) is 0. The summed E-state index contributed by atoms with van der Waals surface area (Å²) < 4.78 is 0. The van der Waals surface area contributed by atoms with Gasteiger partial charge in [0.15, 0.2) is 0 Å². The molecule has 1 aliphatic carbocycles. The number of aromatic amines is 1. The van der Waals surface area contributed by atoms with E-state index in [1.807, 2.05) is 6.08 Å². The molecule has 1 saturated carbocycles. The highest BCUT2D eigenvalue weighted by molar-refractivity contribution is 5.90. The van der Waals surface area contributed by atoms with E-state index in [-0.39, 0.29) is 11.7 Å². The van der Waals surface area contributed by atoms with E-state index in [1.54, 1.807) is 7.05 Å². The van der Waals surface area contributed by atoms with Crippen LogP contribution in [0.25, 0.3) is 6.08 Å². The molecule has 0 aliphatic heterocycles. The lowest BCUT2D eigenvalue weighted by atomic mass is 9.89. The van der Waals surface area contributed by atoms with Crippen molar-refractivity contribution in [3.63, 3.8) is 0 Å². The fourth-order valence-corrected chi connectivity index (χ4v) is 2.12. The Labute approximate surface area is 101 Å². The van der Waals surface area contributed by atoms with Gasteiger partial charge >= 0.3 is 0 Å². The third-order valence-corrected chi connectivity index (χ3v) is 3.11. The molecule has 2 rings (SSSR count). The van der Waals surface area contributed by atoms with Crippen LogP contribution >= 0.6 is 0 Å². The van der Waals surface area contributed by atoms with Crippen molar-refractivity contribution in [3.8, 4) is 0 Å². The minimum absolute atomic E-state index is 0.191. The number of rotatable bonds is 3. The van der Waals surface area contributed by atoms with Gasteiger partial charge in [-0.25, -0.2) is 4.98 Å². The molecular formula is C12H18N4O. The number of nitrogens with zero attached hydrogens (tertiary/aromatic N) is 2. The van der Waals surface area contributed by atoms with E-state index < -0.39 is 0 Å². The summed E-state index contributed by atoms with van der Waals surface area (Å²) in [7, 11) is 1.57. The van der Waals surface area contributed by atoms with Crippen molar-refractivity contribution >= 4 is 12.0 Å². The zero-order valence-corrected chi connectivity index (χ0v) is 10.1. The van der Waals surface area contributed by atoms with Gasteiger partial charge in [0.25, 0.3) is 5.91 Å². The van der Waals surface area contributed by atoms with Crippen molar-refractivity contribution < 1.29 is 4.79 Å². The molecule has 0 atom stereocenters. The van der Waals surface area contributed by atoms with Crippen LogP contribution in [0.1, 0.15) is 48.5 Å². The molecule has 5 nitrogen and oxygen atoms in total. The van der Waals surface area contributed by atoms with Gasteiger partial charge in [-0.05, 0) is 24.8 Å². The van der Waals surface area contributed by atoms with Gasteiger partial charge in [0, 0.05) is 7.05 Å². The fourth-order valence-electron chi connectivity index (χ4n) is 2.12. The summed E-state index contributed by atoms with van der Waals surface area (Å²) in [6.45, 7) is 0. The van der Waals surface area contributed by atoms with Crippen LogP contribution in [-0.4, -0.2) is 28.1 Å². The lowest BCUT2D eigenvalue weighted by Crippen LogP contribution is -2.19. The highest BCUT2D eigenvalue weighted by atomic mass is 16.2. The molecule has 1 heterocycles. The number of H-pyrrole nitrogens is 1. The van der Waals surface area contributed by atoms with E-state index in [1.165, 1.54) is 32.1 Å². The minimum atomic E-state index is -0.265. The van der Waals surface area contributed by atoms with Crippen molar-refractivity contribution in [2.75, 3.05) is 7.05 Å². The third kappa shape index (κ3) is 3.15. The van der Waals surface area contributed by atoms with Gasteiger partial charge in [-0.15, -0.1) is 5.10 Å². The Balaban J connectivity index is 1.95. The lowest BCUT2D eigenvalue weighted by molar-refractivity contribution is 0.0953. The number of nitrogens with one attached hydrogen (secondary N) is 2. The van der Waals surface area contributed by atoms with Gasteiger partial charge in [-0.2, -0.15) is 0 Å². The van der Waals surface area contributed by atoms with Crippen molar-refractivity contribution in [1.82, 2.24) is 20.5 Å². The van der Waals surface area contributed by atoms with Crippen LogP contribution in [-0.2, 0) is 0 Å². The molecule has 1 fully saturated rings. The summed E-state index contributed by atoms with van der Waals surface area (Å²) in [4.78, 5) is 15.4. The van der Waals surface area contributed by atoms with Crippen LogP contribution in [0.5, 0.6) is 0 Å². The normalized spacial score (nSPS) is 17.5. The first-order valence-electron chi connectivity index (χ1n) is 6.12. The van der Waals surface area contributed by atoms with E-state index in [9.17, 15) is 4.79 Å². The zero-order valence-electron chi connectivity index (χ0n) is 10.1. The number of allylic oxidation sites excluding steroid dienone is 1. The van der Waals surface area contributed by atoms with Gasteiger partial charge in [-0.1, -0.05) is 25.3 Å². The standard InChI is InChI=1S/C12H18N4O/c1-13-12(17)11-14-10(15-16-11)8-7-9-5-3-2-4-6-9/h7-9H,2-6H2,1H3,(H,13,17)(H,14,15,16). The van der Waals surface area contributed by atoms with Crippen molar-refractivity contribution in [2.45, 2.75) is 32.1 Å². The van der Waals surface area contributed by atoms with Crippen LogP contribution < -0.4 is 5.32 Å². The topological polar surface area (TPSA) is 70.7 Å². The second kappa shape index (κ2) is 5.61. The average molecular weight is 234 g/mol. The summed E-state index contributed by atoms with van der Waals surface area (Å²) in [5, 5.41) is 9.10. The van der Waals surface area contributed by atoms with Crippen LogP contribution in [0, 0.1) is 5.92 Å². The molecule has 1 amide bonds. The molecule has 0 spiro atoms. The van der Waals surface area contributed by atoms with E-state index in [0.717, 1.165) is 0 Å². The van der Waals surface area contributed by atoms with E-state index in [0.29, 0.717) is 11.7 Å². The van der Waals surface area contributed by atoms with Gasteiger partial charge < -0.3 is 5.32 Å². The Morgan fingerprint density at radius 2 is 2.18 bits per heavy atom. The number of hydrogen-bond acceptors (Lipinski definition) is 3.